The second-order valence-electron chi connectivity index (χ2n) is 3.77. The van der Waals surface area contributed by atoms with Crippen LogP contribution in [0.2, 0.25) is 0 Å². The Morgan fingerprint density at radius 1 is 1.41 bits per heavy atom. The van der Waals surface area contributed by atoms with E-state index in [1.54, 1.807) is 20.9 Å². The van der Waals surface area contributed by atoms with Crippen LogP contribution in [0.1, 0.15) is 18.2 Å². The monoisotopic (exact) mass is 313 g/mol. The Kier molecular flexibility index (Phi) is 4.46. The van der Waals surface area contributed by atoms with Crippen LogP contribution in [0.15, 0.2) is 0 Å². The zero-order valence-corrected chi connectivity index (χ0v) is 11.6. The third-order valence-electron chi connectivity index (χ3n) is 2.50. The predicted molar refractivity (Wildman–Crippen MR) is 64.5 cm³/mol. The minimum Gasteiger partial charge on any atom is -0.348 e. The average Bonchev–Trinajstić information content (AvgIpc) is 2.48. The van der Waals surface area contributed by atoms with Crippen molar-refractivity contribution < 1.29 is 13.2 Å². The van der Waals surface area contributed by atoms with Gasteiger partial charge in [0, 0.05) is 24.5 Å². The molecule has 0 bridgehead atoms. The molecule has 0 fully saturated rings. The number of hydrogen-bond acceptors (Lipinski definition) is 2. The summed E-state index contributed by atoms with van der Waals surface area (Å²) in [6.07, 6.45) is -4.21. The van der Waals surface area contributed by atoms with Gasteiger partial charge in [0.25, 0.3) is 0 Å². The van der Waals surface area contributed by atoms with Crippen LogP contribution in [0, 0.1) is 6.92 Å². The molecule has 7 heteroatoms. The molecule has 1 heterocycles. The van der Waals surface area contributed by atoms with Crippen molar-refractivity contribution in [2.24, 2.45) is 7.05 Å². The van der Waals surface area contributed by atoms with Gasteiger partial charge in [0.2, 0.25) is 0 Å². The molecule has 0 amide bonds. The van der Waals surface area contributed by atoms with E-state index in [9.17, 15) is 13.2 Å². The molecule has 0 spiro atoms. The summed E-state index contributed by atoms with van der Waals surface area (Å²) in [5.74, 6) is 0.527. The highest BCUT2D eigenvalue weighted by Gasteiger charge is 2.32. The summed E-state index contributed by atoms with van der Waals surface area (Å²) in [6.45, 7) is 2.83. The number of halogens is 4. The van der Waals surface area contributed by atoms with E-state index in [1.165, 1.54) is 9.58 Å². The van der Waals surface area contributed by atoms with Gasteiger partial charge in [0.15, 0.2) is 0 Å². The van der Waals surface area contributed by atoms with Crippen LogP contribution in [0.25, 0.3) is 0 Å². The standard InChI is InChI=1S/C10H15BrF3N3/c1-4-17(6-10(12,13)14)9-8(5-11)7(2)15-16(9)3/h4-6H2,1-3H3. The molecule has 0 saturated carbocycles. The highest BCUT2D eigenvalue weighted by atomic mass is 79.9. The normalized spacial score (nSPS) is 11.9. The fourth-order valence-electron chi connectivity index (χ4n) is 1.79. The Morgan fingerprint density at radius 3 is 2.41 bits per heavy atom. The highest BCUT2D eigenvalue weighted by Crippen LogP contribution is 2.28. The van der Waals surface area contributed by atoms with E-state index < -0.39 is 12.7 Å². The molecule has 0 aromatic carbocycles. The van der Waals surface area contributed by atoms with E-state index in [-0.39, 0.29) is 0 Å². The van der Waals surface area contributed by atoms with Crippen molar-refractivity contribution in [2.75, 3.05) is 18.0 Å². The van der Waals surface area contributed by atoms with Crippen molar-refractivity contribution in [2.45, 2.75) is 25.4 Å². The second kappa shape index (κ2) is 5.29. The molecule has 98 valence electrons. The number of nitrogens with zero attached hydrogens (tertiary/aromatic N) is 3. The van der Waals surface area contributed by atoms with Crippen LogP contribution in [0.3, 0.4) is 0 Å². The summed E-state index contributed by atoms with van der Waals surface area (Å²) in [5.41, 5.74) is 1.55. The van der Waals surface area contributed by atoms with Crippen LogP contribution >= 0.6 is 15.9 Å². The summed E-state index contributed by atoms with van der Waals surface area (Å²) in [5, 5.41) is 4.65. The second-order valence-corrected chi connectivity index (χ2v) is 4.33. The maximum Gasteiger partial charge on any atom is 0.405 e. The van der Waals surface area contributed by atoms with Gasteiger partial charge in [-0.05, 0) is 13.8 Å². The van der Waals surface area contributed by atoms with Crippen molar-refractivity contribution in [3.63, 3.8) is 0 Å². The number of aromatic nitrogens is 2. The predicted octanol–water partition coefficient (Wildman–Crippen LogP) is 3.01. The molecule has 1 aromatic rings. The van der Waals surface area contributed by atoms with Crippen molar-refractivity contribution in [3.05, 3.63) is 11.3 Å². The highest BCUT2D eigenvalue weighted by molar-refractivity contribution is 9.08. The molecule has 1 rings (SSSR count). The molecule has 0 saturated heterocycles. The zero-order chi connectivity index (χ0) is 13.2. The van der Waals surface area contributed by atoms with Crippen LogP contribution in [-0.2, 0) is 12.4 Å². The molecule has 3 nitrogen and oxygen atoms in total. The van der Waals surface area contributed by atoms with E-state index in [0.29, 0.717) is 17.7 Å². The fraction of sp³-hybridized carbons (Fsp3) is 0.700. The lowest BCUT2D eigenvalue weighted by atomic mass is 10.2. The Morgan fingerprint density at radius 2 is 2.00 bits per heavy atom. The average molecular weight is 314 g/mol. The lowest BCUT2D eigenvalue weighted by Gasteiger charge is -2.25. The first-order chi connectivity index (χ1) is 7.80. The van der Waals surface area contributed by atoms with Crippen molar-refractivity contribution in [1.82, 2.24) is 9.78 Å². The lowest BCUT2D eigenvalue weighted by molar-refractivity contribution is -0.119. The molecule has 0 aliphatic heterocycles. The number of aryl methyl sites for hydroxylation is 2. The first-order valence-electron chi connectivity index (χ1n) is 5.20. The zero-order valence-electron chi connectivity index (χ0n) is 9.97. The van der Waals surface area contributed by atoms with Gasteiger partial charge in [-0.1, -0.05) is 15.9 Å². The summed E-state index contributed by atoms with van der Waals surface area (Å²) >= 11 is 3.29. The molecule has 0 atom stereocenters. The van der Waals surface area contributed by atoms with Crippen LogP contribution in [0.4, 0.5) is 19.0 Å². The Balaban J connectivity index is 3.11. The summed E-state index contributed by atoms with van der Waals surface area (Å²) in [7, 11) is 1.66. The maximum absolute atomic E-state index is 12.5. The molecule has 0 radical (unpaired) electrons. The van der Waals surface area contributed by atoms with Crippen molar-refractivity contribution >= 4 is 21.7 Å². The van der Waals surface area contributed by atoms with Gasteiger partial charge in [0.05, 0.1) is 5.69 Å². The topological polar surface area (TPSA) is 21.1 Å². The number of hydrogen-bond donors (Lipinski definition) is 0. The van der Waals surface area contributed by atoms with Gasteiger partial charge in [-0.15, -0.1) is 0 Å². The van der Waals surface area contributed by atoms with Gasteiger partial charge < -0.3 is 4.90 Å². The first-order valence-corrected chi connectivity index (χ1v) is 6.32. The van der Waals surface area contributed by atoms with Crippen LogP contribution in [0.5, 0.6) is 0 Å². The van der Waals surface area contributed by atoms with Crippen LogP contribution in [-0.4, -0.2) is 29.0 Å². The third kappa shape index (κ3) is 3.37. The maximum atomic E-state index is 12.5. The molecule has 0 N–H and O–H groups in total. The minimum atomic E-state index is -4.21. The van der Waals surface area contributed by atoms with E-state index in [2.05, 4.69) is 21.0 Å². The van der Waals surface area contributed by atoms with Gasteiger partial charge in [-0.25, -0.2) is 0 Å². The third-order valence-corrected chi connectivity index (χ3v) is 3.06. The largest absolute Gasteiger partial charge is 0.405 e. The molecule has 0 unspecified atom stereocenters. The number of anilines is 1. The van der Waals surface area contributed by atoms with Gasteiger partial charge in [-0.2, -0.15) is 18.3 Å². The minimum absolute atomic E-state index is 0.290. The summed E-state index contributed by atoms with van der Waals surface area (Å²) in [6, 6.07) is 0. The summed E-state index contributed by atoms with van der Waals surface area (Å²) in [4.78, 5) is 1.29. The lowest BCUT2D eigenvalue weighted by Crippen LogP contribution is -2.35. The number of rotatable bonds is 4. The molecule has 0 aliphatic carbocycles. The number of alkyl halides is 4. The Bertz CT molecular complexity index is 387. The molecule has 1 aromatic heterocycles. The molecular formula is C10H15BrF3N3. The van der Waals surface area contributed by atoms with E-state index >= 15 is 0 Å². The van der Waals surface area contributed by atoms with Gasteiger partial charge in [-0.3, -0.25) is 4.68 Å². The van der Waals surface area contributed by atoms with E-state index in [1.807, 2.05) is 0 Å². The Hall–Kier alpha value is -0.720. The van der Waals surface area contributed by atoms with E-state index in [4.69, 9.17) is 0 Å². The fourth-order valence-corrected chi connectivity index (χ4v) is 2.45. The molecule has 0 aliphatic rings. The van der Waals surface area contributed by atoms with Gasteiger partial charge in [0.1, 0.15) is 12.4 Å². The van der Waals surface area contributed by atoms with Gasteiger partial charge >= 0.3 is 6.18 Å². The molecular weight excluding hydrogens is 299 g/mol. The SMILES string of the molecule is CCN(CC(F)(F)F)c1c(CBr)c(C)nn1C. The Labute approximate surface area is 107 Å². The molecule has 17 heavy (non-hydrogen) atoms. The quantitative estimate of drug-likeness (QED) is 0.797. The first kappa shape index (κ1) is 14.3. The van der Waals surface area contributed by atoms with Crippen molar-refractivity contribution in [1.29, 1.82) is 0 Å². The van der Waals surface area contributed by atoms with E-state index in [0.717, 1.165) is 11.3 Å². The summed E-state index contributed by atoms with van der Waals surface area (Å²) < 4.78 is 38.9. The van der Waals surface area contributed by atoms with Crippen LogP contribution < -0.4 is 4.90 Å². The smallest absolute Gasteiger partial charge is 0.348 e. The van der Waals surface area contributed by atoms with Crippen molar-refractivity contribution in [3.8, 4) is 0 Å².